The van der Waals surface area contributed by atoms with Gasteiger partial charge in [-0.2, -0.15) is 0 Å². The van der Waals surface area contributed by atoms with Crippen molar-refractivity contribution in [3.63, 3.8) is 0 Å². The van der Waals surface area contributed by atoms with Crippen molar-refractivity contribution in [1.82, 2.24) is 24.4 Å². The van der Waals surface area contributed by atoms with Crippen molar-refractivity contribution in [1.29, 1.82) is 5.41 Å². The first-order valence-electron chi connectivity index (χ1n) is 12.3. The molecule has 0 radical (unpaired) electrons. The summed E-state index contributed by atoms with van der Waals surface area (Å²) < 4.78 is 12.6. The topological polar surface area (TPSA) is 126 Å². The van der Waals surface area contributed by atoms with Gasteiger partial charge in [0.2, 0.25) is 0 Å². The molecule has 0 aliphatic carbocycles. The van der Waals surface area contributed by atoms with Gasteiger partial charge in [-0.15, -0.1) is 0 Å². The number of nitrogens with zero attached hydrogens (tertiary/aromatic N) is 4. The molecule has 10 nitrogen and oxygen atoms in total. The molecule has 1 amide bonds. The molecule has 2 N–H and O–H groups in total. The molecule has 0 spiro atoms. The number of carbonyl (C=O) groups excluding carboxylic acids is 2. The maximum Gasteiger partial charge on any atom is 0.303 e. The van der Waals surface area contributed by atoms with Crippen molar-refractivity contribution in [2.24, 2.45) is 5.92 Å². The molecule has 0 bridgehead atoms. The quantitative estimate of drug-likeness (QED) is 0.468. The summed E-state index contributed by atoms with van der Waals surface area (Å²) in [4.78, 5) is 38.8. The van der Waals surface area contributed by atoms with Crippen molar-refractivity contribution in [3.8, 4) is 5.75 Å². The standard InChI is InChI=1S/C25H30N6O4S/c1-15(35-16(2)32)24(33)30-9-5-17(6-10-30)7-11-31-14-27-22(26)21-23(31)29-25(28-21)36-19-3-4-20-18(13-19)8-12-34-20/h3-4,13-15,17,26H,5-12H2,1-2H3,(H,28,29)/t15-/m0/s1. The maximum absolute atomic E-state index is 12.5. The monoisotopic (exact) mass is 510 g/mol. The number of fused-ring (bicyclic) bond motifs is 2. The summed E-state index contributed by atoms with van der Waals surface area (Å²) in [6.07, 6.45) is 4.59. The van der Waals surface area contributed by atoms with Gasteiger partial charge in [0.05, 0.1) is 12.9 Å². The Hall–Kier alpha value is -3.34. The minimum absolute atomic E-state index is 0.132. The van der Waals surface area contributed by atoms with Gasteiger partial charge in [0.25, 0.3) is 5.91 Å². The van der Waals surface area contributed by atoms with Crippen LogP contribution in [0.1, 0.15) is 38.7 Å². The Labute approximate surface area is 212 Å². The lowest BCUT2D eigenvalue weighted by Crippen LogP contribution is -2.44. The van der Waals surface area contributed by atoms with Crippen LogP contribution in [0.25, 0.3) is 11.2 Å². The highest BCUT2D eigenvalue weighted by atomic mass is 32.2. The number of hydrogen-bond acceptors (Lipinski definition) is 8. The number of rotatable bonds is 7. The van der Waals surface area contributed by atoms with E-state index in [1.165, 1.54) is 24.2 Å². The molecule has 2 aliphatic heterocycles. The predicted molar refractivity (Wildman–Crippen MR) is 133 cm³/mol. The molecule has 190 valence electrons. The van der Waals surface area contributed by atoms with Gasteiger partial charge in [-0.3, -0.25) is 15.0 Å². The molecule has 1 aromatic carbocycles. The third-order valence-electron chi connectivity index (χ3n) is 6.77. The fraction of sp³-hybridized carbons (Fsp3) is 0.480. The number of aryl methyl sites for hydroxylation is 1. The lowest BCUT2D eigenvalue weighted by atomic mass is 9.93. The highest BCUT2D eigenvalue weighted by molar-refractivity contribution is 7.99. The number of aromatic amines is 1. The first-order valence-corrected chi connectivity index (χ1v) is 13.1. The number of likely N-dealkylation sites (tertiary alicyclic amines) is 1. The number of H-pyrrole nitrogens is 1. The van der Waals surface area contributed by atoms with E-state index in [-0.39, 0.29) is 11.4 Å². The number of imidazole rings is 1. The molecule has 2 aliphatic rings. The number of esters is 1. The van der Waals surface area contributed by atoms with Gasteiger partial charge in [0.15, 0.2) is 22.4 Å². The molecule has 4 heterocycles. The van der Waals surface area contributed by atoms with E-state index in [0.29, 0.717) is 24.5 Å². The Morgan fingerprint density at radius 3 is 2.92 bits per heavy atom. The van der Waals surface area contributed by atoms with Gasteiger partial charge in [-0.1, -0.05) is 11.8 Å². The number of amides is 1. The lowest BCUT2D eigenvalue weighted by molar-refractivity contribution is -0.158. The highest BCUT2D eigenvalue weighted by Crippen LogP contribution is 2.33. The Balaban J connectivity index is 1.21. The van der Waals surface area contributed by atoms with E-state index in [9.17, 15) is 9.59 Å². The number of carbonyl (C=O) groups is 2. The van der Waals surface area contributed by atoms with E-state index in [4.69, 9.17) is 19.9 Å². The zero-order valence-corrected chi connectivity index (χ0v) is 21.3. The molecule has 1 atom stereocenters. The van der Waals surface area contributed by atoms with Crippen LogP contribution in [0.15, 0.2) is 34.6 Å². The Bertz CT molecular complexity index is 1340. The van der Waals surface area contributed by atoms with Crippen molar-refractivity contribution in [2.45, 2.75) is 62.2 Å². The van der Waals surface area contributed by atoms with Gasteiger partial charge >= 0.3 is 5.97 Å². The summed E-state index contributed by atoms with van der Waals surface area (Å²) in [7, 11) is 0. The van der Waals surface area contributed by atoms with Gasteiger partial charge in [0, 0.05) is 37.9 Å². The number of aromatic nitrogens is 4. The molecule has 3 aromatic rings. The molecular weight excluding hydrogens is 480 g/mol. The van der Waals surface area contributed by atoms with Crippen molar-refractivity contribution in [3.05, 3.63) is 35.6 Å². The molecule has 5 rings (SSSR count). The largest absolute Gasteiger partial charge is 0.493 e. The van der Waals surface area contributed by atoms with Crippen LogP contribution >= 0.6 is 11.8 Å². The van der Waals surface area contributed by atoms with E-state index in [1.54, 1.807) is 18.2 Å². The smallest absolute Gasteiger partial charge is 0.303 e. The van der Waals surface area contributed by atoms with Crippen molar-refractivity contribution < 1.29 is 19.1 Å². The van der Waals surface area contributed by atoms with Crippen LogP contribution in [0.2, 0.25) is 0 Å². The molecule has 1 saturated heterocycles. The van der Waals surface area contributed by atoms with Gasteiger partial charge in [0.1, 0.15) is 11.3 Å². The number of piperidine rings is 1. The number of hydrogen-bond donors (Lipinski definition) is 2. The molecule has 0 saturated carbocycles. The third kappa shape index (κ3) is 5.25. The summed E-state index contributed by atoms with van der Waals surface area (Å²) in [6, 6.07) is 6.17. The third-order valence-corrected chi connectivity index (χ3v) is 7.64. The second kappa shape index (κ2) is 10.3. The average Bonchev–Trinajstić information content (AvgIpc) is 3.50. The molecule has 0 unspecified atom stereocenters. The molecular formula is C25H30N6O4S. The van der Waals surface area contributed by atoms with Crippen LogP contribution in [0.3, 0.4) is 0 Å². The van der Waals surface area contributed by atoms with E-state index < -0.39 is 12.1 Å². The van der Waals surface area contributed by atoms with Gasteiger partial charge in [-0.25, -0.2) is 9.97 Å². The summed E-state index contributed by atoms with van der Waals surface area (Å²) in [5.74, 6) is 0.849. The zero-order chi connectivity index (χ0) is 25.2. The fourth-order valence-electron chi connectivity index (χ4n) is 4.83. The normalized spacial score (nSPS) is 16.6. The van der Waals surface area contributed by atoms with Gasteiger partial charge < -0.3 is 23.9 Å². The van der Waals surface area contributed by atoms with Crippen LogP contribution in [-0.4, -0.2) is 62.1 Å². The van der Waals surface area contributed by atoms with Crippen LogP contribution in [0.4, 0.5) is 0 Å². The Morgan fingerprint density at radius 2 is 2.14 bits per heavy atom. The first-order chi connectivity index (χ1) is 17.4. The van der Waals surface area contributed by atoms with Crippen LogP contribution in [0.5, 0.6) is 5.75 Å². The number of nitrogens with one attached hydrogen (secondary N) is 2. The maximum atomic E-state index is 12.5. The summed E-state index contributed by atoms with van der Waals surface area (Å²) in [5.41, 5.74) is 2.74. The lowest BCUT2D eigenvalue weighted by Gasteiger charge is -2.33. The second-order valence-electron chi connectivity index (χ2n) is 9.31. The summed E-state index contributed by atoms with van der Waals surface area (Å²) in [6.45, 7) is 5.72. The van der Waals surface area contributed by atoms with Crippen molar-refractivity contribution >= 4 is 34.8 Å². The van der Waals surface area contributed by atoms with Crippen molar-refractivity contribution in [2.75, 3.05) is 19.7 Å². The summed E-state index contributed by atoms with van der Waals surface area (Å²) in [5, 5.41) is 8.96. The Kier molecular flexibility index (Phi) is 6.99. The molecule has 36 heavy (non-hydrogen) atoms. The molecule has 1 fully saturated rings. The van der Waals surface area contributed by atoms with E-state index in [0.717, 1.165) is 60.3 Å². The van der Waals surface area contributed by atoms with E-state index in [1.807, 2.05) is 16.7 Å². The number of ether oxygens (including phenoxy) is 2. The predicted octanol–water partition coefficient (Wildman–Crippen LogP) is 2.91. The minimum atomic E-state index is -0.741. The fourth-order valence-corrected chi connectivity index (χ4v) is 5.68. The first kappa shape index (κ1) is 24.4. The minimum Gasteiger partial charge on any atom is -0.493 e. The number of benzene rings is 1. The zero-order valence-electron chi connectivity index (χ0n) is 20.5. The van der Waals surface area contributed by atoms with E-state index in [2.05, 4.69) is 16.0 Å². The van der Waals surface area contributed by atoms with Crippen LogP contribution < -0.4 is 10.2 Å². The van der Waals surface area contributed by atoms with E-state index >= 15 is 0 Å². The Morgan fingerprint density at radius 1 is 1.33 bits per heavy atom. The van der Waals surface area contributed by atoms with Crippen LogP contribution in [0, 0.1) is 11.3 Å². The van der Waals surface area contributed by atoms with Crippen LogP contribution in [-0.2, 0) is 27.3 Å². The average molecular weight is 511 g/mol. The highest BCUT2D eigenvalue weighted by Gasteiger charge is 2.27. The molecule has 11 heteroatoms. The second-order valence-corrected chi connectivity index (χ2v) is 10.4. The molecule has 2 aromatic heterocycles. The summed E-state index contributed by atoms with van der Waals surface area (Å²) >= 11 is 1.54. The van der Waals surface area contributed by atoms with Gasteiger partial charge in [-0.05, 0) is 55.9 Å². The SMILES string of the molecule is CC(=O)O[C@@H](C)C(=O)N1CCC(CCn2cnc(=N)c3[nH]c(Sc4ccc5c(c4)CCO5)nc32)CC1.